The number of carbonyl (C=O) groups excluding carboxylic acids is 1. The van der Waals surface area contributed by atoms with Gasteiger partial charge >= 0.3 is 5.97 Å². The van der Waals surface area contributed by atoms with E-state index < -0.39 is 5.92 Å². The zero-order chi connectivity index (χ0) is 15.3. The summed E-state index contributed by atoms with van der Waals surface area (Å²) < 4.78 is 11.4. The van der Waals surface area contributed by atoms with E-state index in [1.165, 1.54) is 0 Å². The predicted molar refractivity (Wildman–Crippen MR) is 79.4 cm³/mol. The number of fused-ring (bicyclic) bond motifs is 5. The molecule has 3 fully saturated rings. The summed E-state index contributed by atoms with van der Waals surface area (Å²) in [5.41, 5.74) is 0.803. The Kier molecular flexibility index (Phi) is 3.44. The maximum Gasteiger partial charge on any atom is 0.316 e. The van der Waals surface area contributed by atoms with Crippen molar-refractivity contribution in [3.8, 4) is 0 Å². The quantitative estimate of drug-likeness (QED) is 0.662. The van der Waals surface area contributed by atoms with Crippen LogP contribution in [0.25, 0.3) is 0 Å². The lowest BCUT2D eigenvalue weighted by molar-refractivity contribution is -0.156. The summed E-state index contributed by atoms with van der Waals surface area (Å²) in [7, 11) is 2.13. The average Bonchev–Trinajstić information content (AvgIpc) is 3.27. The molecule has 3 aliphatic heterocycles. The number of likely N-dealkylation sites (N-methyl/N-ethyl adjacent to an activating group) is 1. The monoisotopic (exact) mass is 303 g/mol. The highest BCUT2D eigenvalue weighted by molar-refractivity contribution is 5.78. The summed E-state index contributed by atoms with van der Waals surface area (Å²) in [6.45, 7) is -0.226. The third-order valence-corrected chi connectivity index (χ3v) is 5.33. The third kappa shape index (κ3) is 2.24. The molecule has 0 radical (unpaired) electrons. The van der Waals surface area contributed by atoms with E-state index in [-0.39, 0.29) is 18.7 Å². The molecule has 0 spiro atoms. The van der Waals surface area contributed by atoms with Crippen LogP contribution in [0.3, 0.4) is 0 Å². The molecule has 4 rings (SSSR count). The summed E-state index contributed by atoms with van der Waals surface area (Å²) in [5, 5.41) is 9.56. The minimum absolute atomic E-state index is 0.0622. The first-order valence-electron chi connectivity index (χ1n) is 7.92. The lowest BCUT2D eigenvalue weighted by Crippen LogP contribution is -2.48. The van der Waals surface area contributed by atoms with Gasteiger partial charge in [0.1, 0.15) is 24.2 Å². The van der Waals surface area contributed by atoms with Crippen LogP contribution in [0, 0.1) is 0 Å². The highest BCUT2D eigenvalue weighted by Crippen LogP contribution is 2.48. The van der Waals surface area contributed by atoms with E-state index in [2.05, 4.69) is 11.9 Å². The Morgan fingerprint density at radius 1 is 1.32 bits per heavy atom. The molecule has 22 heavy (non-hydrogen) atoms. The molecule has 0 saturated carbocycles. The maximum absolute atomic E-state index is 12.4. The number of esters is 1. The number of aliphatic hydroxyl groups excluding tert-OH is 1. The molecule has 118 valence electrons. The Bertz CT molecular complexity index is 545. The second kappa shape index (κ2) is 5.33. The first-order chi connectivity index (χ1) is 10.7. The van der Waals surface area contributed by atoms with E-state index in [4.69, 9.17) is 9.47 Å². The zero-order valence-electron chi connectivity index (χ0n) is 12.6. The van der Waals surface area contributed by atoms with Crippen molar-refractivity contribution < 1.29 is 19.4 Å². The Balaban J connectivity index is 1.42. The number of nitrogens with zero attached hydrogens (tertiary/aromatic N) is 1. The van der Waals surface area contributed by atoms with E-state index in [1.54, 1.807) is 0 Å². The zero-order valence-corrected chi connectivity index (χ0v) is 12.6. The number of hydrogen-bond acceptors (Lipinski definition) is 5. The molecule has 5 nitrogen and oxygen atoms in total. The smallest absolute Gasteiger partial charge is 0.316 e. The normalized spacial score (nSPS) is 37.5. The van der Waals surface area contributed by atoms with Crippen molar-refractivity contribution in [2.24, 2.45) is 0 Å². The summed E-state index contributed by atoms with van der Waals surface area (Å²) >= 11 is 0. The minimum atomic E-state index is -0.593. The predicted octanol–water partition coefficient (Wildman–Crippen LogP) is 0.918. The van der Waals surface area contributed by atoms with Crippen LogP contribution in [0.1, 0.15) is 24.3 Å². The fourth-order valence-corrected chi connectivity index (χ4v) is 4.04. The molecule has 1 aromatic carbocycles. The SMILES string of the molecule is CN1[C@@H]2C[C@H](OC(=O)[C@@H](CO)c3ccccc3)C[C@H]1[C@@H]1O[C@@H]12. The number of carbonyl (C=O) groups is 1. The fraction of sp³-hybridized carbons (Fsp3) is 0.588. The van der Waals surface area contributed by atoms with Gasteiger partial charge in [0.15, 0.2) is 0 Å². The maximum atomic E-state index is 12.4. The first kappa shape index (κ1) is 14.2. The Morgan fingerprint density at radius 3 is 2.55 bits per heavy atom. The number of piperidine rings is 1. The van der Waals surface area contributed by atoms with Gasteiger partial charge in [-0.15, -0.1) is 0 Å². The van der Waals surface area contributed by atoms with Gasteiger partial charge in [0.05, 0.1) is 6.61 Å². The van der Waals surface area contributed by atoms with Gasteiger partial charge in [-0.3, -0.25) is 9.69 Å². The number of epoxide rings is 1. The minimum Gasteiger partial charge on any atom is -0.462 e. The topological polar surface area (TPSA) is 62.3 Å². The Labute approximate surface area is 129 Å². The van der Waals surface area contributed by atoms with Crippen molar-refractivity contribution in [2.45, 2.75) is 49.2 Å². The van der Waals surface area contributed by atoms with Crippen LogP contribution in [0.5, 0.6) is 0 Å². The van der Waals surface area contributed by atoms with Crippen LogP contribution in [-0.4, -0.2) is 60.0 Å². The van der Waals surface area contributed by atoms with Gasteiger partial charge in [0, 0.05) is 24.9 Å². The van der Waals surface area contributed by atoms with Gasteiger partial charge < -0.3 is 14.6 Å². The Morgan fingerprint density at radius 2 is 1.95 bits per heavy atom. The molecule has 3 heterocycles. The second-order valence-corrected chi connectivity index (χ2v) is 6.54. The standard InChI is InChI=1S/C17H21NO4/c1-18-13-7-11(8-14(18)16-15(13)22-16)21-17(20)12(9-19)10-5-3-2-4-6-10/h2-6,11-16,19H,7-9H2,1H3/t11-,12-,13+,14-,15+,16-/m0/s1. The molecule has 2 bridgehead atoms. The molecular formula is C17H21NO4. The Hall–Kier alpha value is -1.43. The lowest BCUT2D eigenvalue weighted by Gasteiger charge is -2.38. The lowest BCUT2D eigenvalue weighted by atomic mass is 9.97. The van der Waals surface area contributed by atoms with Crippen molar-refractivity contribution in [1.82, 2.24) is 4.90 Å². The molecule has 3 aliphatic rings. The van der Waals surface area contributed by atoms with Gasteiger partial charge in [-0.1, -0.05) is 30.3 Å². The van der Waals surface area contributed by atoms with Crippen molar-refractivity contribution in [3.05, 3.63) is 35.9 Å². The summed E-state index contributed by atoms with van der Waals surface area (Å²) in [6.07, 6.45) is 2.26. The van der Waals surface area contributed by atoms with Crippen LogP contribution >= 0.6 is 0 Å². The summed E-state index contributed by atoms with van der Waals surface area (Å²) in [4.78, 5) is 14.8. The van der Waals surface area contributed by atoms with Gasteiger partial charge in [-0.05, 0) is 12.6 Å². The molecule has 1 aromatic rings. The van der Waals surface area contributed by atoms with Crippen molar-refractivity contribution in [1.29, 1.82) is 0 Å². The highest BCUT2D eigenvalue weighted by atomic mass is 16.6. The number of ether oxygens (including phenoxy) is 2. The van der Waals surface area contributed by atoms with Crippen LogP contribution in [-0.2, 0) is 14.3 Å². The number of rotatable bonds is 4. The van der Waals surface area contributed by atoms with E-state index in [1.807, 2.05) is 30.3 Å². The van der Waals surface area contributed by atoms with Gasteiger partial charge in [0.25, 0.3) is 0 Å². The molecule has 6 atom stereocenters. The largest absolute Gasteiger partial charge is 0.462 e. The first-order valence-corrected chi connectivity index (χ1v) is 7.92. The van der Waals surface area contributed by atoms with Crippen LogP contribution < -0.4 is 0 Å². The van der Waals surface area contributed by atoms with Gasteiger partial charge in [0.2, 0.25) is 0 Å². The molecule has 0 aromatic heterocycles. The highest BCUT2D eigenvalue weighted by Gasteiger charge is 2.62. The van der Waals surface area contributed by atoms with E-state index >= 15 is 0 Å². The molecule has 3 saturated heterocycles. The molecule has 0 unspecified atom stereocenters. The van der Waals surface area contributed by atoms with Crippen molar-refractivity contribution >= 4 is 5.97 Å². The number of aliphatic hydroxyl groups is 1. The average molecular weight is 303 g/mol. The number of hydrogen-bond donors (Lipinski definition) is 1. The molecular weight excluding hydrogens is 282 g/mol. The molecule has 5 heteroatoms. The van der Waals surface area contributed by atoms with Gasteiger partial charge in [-0.25, -0.2) is 0 Å². The van der Waals surface area contributed by atoms with Crippen LogP contribution in [0.15, 0.2) is 30.3 Å². The fourth-order valence-electron chi connectivity index (χ4n) is 4.04. The molecule has 0 amide bonds. The summed E-state index contributed by atoms with van der Waals surface area (Å²) in [5.74, 6) is -0.915. The van der Waals surface area contributed by atoms with Gasteiger partial charge in [-0.2, -0.15) is 0 Å². The van der Waals surface area contributed by atoms with E-state index in [9.17, 15) is 9.90 Å². The van der Waals surface area contributed by atoms with E-state index in [0.29, 0.717) is 24.3 Å². The van der Waals surface area contributed by atoms with Crippen LogP contribution in [0.2, 0.25) is 0 Å². The number of morpholine rings is 1. The van der Waals surface area contributed by atoms with Crippen molar-refractivity contribution in [2.75, 3.05) is 13.7 Å². The van der Waals surface area contributed by atoms with Crippen LogP contribution in [0.4, 0.5) is 0 Å². The van der Waals surface area contributed by atoms with Crippen molar-refractivity contribution in [3.63, 3.8) is 0 Å². The van der Waals surface area contributed by atoms with E-state index in [0.717, 1.165) is 18.4 Å². The second-order valence-electron chi connectivity index (χ2n) is 6.54. The molecule has 0 aliphatic carbocycles. The molecule has 1 N–H and O–H groups in total. The number of benzene rings is 1. The third-order valence-electron chi connectivity index (χ3n) is 5.33. The summed E-state index contributed by atoms with van der Waals surface area (Å²) in [6, 6.07) is 10.1.